The first-order chi connectivity index (χ1) is 8.46. The summed E-state index contributed by atoms with van der Waals surface area (Å²) in [6, 6.07) is 0.312. The van der Waals surface area contributed by atoms with Crippen LogP contribution in [0.3, 0.4) is 0 Å². The third kappa shape index (κ3) is 3.34. The molecule has 1 atom stereocenters. The third-order valence-corrected chi connectivity index (χ3v) is 4.87. The van der Waals surface area contributed by atoms with E-state index in [0.29, 0.717) is 6.04 Å². The second kappa shape index (κ2) is 6.69. The van der Waals surface area contributed by atoms with Crippen molar-refractivity contribution >= 4 is 0 Å². The Morgan fingerprint density at radius 1 is 1.44 bits per heavy atom. The molecule has 1 rings (SSSR count). The lowest BCUT2D eigenvalue weighted by molar-refractivity contribution is 0.0433. The van der Waals surface area contributed by atoms with Crippen molar-refractivity contribution in [2.75, 3.05) is 14.1 Å². The first kappa shape index (κ1) is 15.7. The van der Waals surface area contributed by atoms with Crippen LogP contribution >= 0.6 is 0 Å². The molecule has 0 aliphatic heterocycles. The van der Waals surface area contributed by atoms with Gasteiger partial charge in [-0.1, -0.05) is 26.0 Å². The first-order valence-corrected chi connectivity index (χ1v) is 7.26. The lowest BCUT2D eigenvalue weighted by atomic mass is 9.70. The molecule has 0 aromatic heterocycles. The van der Waals surface area contributed by atoms with Crippen LogP contribution in [-0.2, 0) is 0 Å². The first-order valence-electron chi connectivity index (χ1n) is 7.26. The van der Waals surface area contributed by atoms with Gasteiger partial charge in [-0.2, -0.15) is 0 Å². The Balaban J connectivity index is 2.84. The van der Waals surface area contributed by atoms with E-state index in [1.54, 1.807) is 0 Å². The Hall–Kier alpha value is -0.380. The minimum absolute atomic E-state index is 0.194. The molecule has 18 heavy (non-hydrogen) atoms. The van der Waals surface area contributed by atoms with Crippen molar-refractivity contribution < 1.29 is 0 Å². The predicted octanol–water partition coefficient (Wildman–Crippen LogP) is 2.69. The van der Waals surface area contributed by atoms with Crippen LogP contribution < -0.4 is 11.3 Å². The van der Waals surface area contributed by atoms with Crippen molar-refractivity contribution in [3.63, 3.8) is 0 Å². The minimum Gasteiger partial charge on any atom is -0.302 e. The number of hydrazine groups is 1. The molecule has 1 aliphatic carbocycles. The average Bonchev–Trinajstić information content (AvgIpc) is 2.36. The van der Waals surface area contributed by atoms with Gasteiger partial charge in [0.25, 0.3) is 0 Å². The van der Waals surface area contributed by atoms with Crippen LogP contribution in [0.2, 0.25) is 0 Å². The maximum atomic E-state index is 5.85. The number of nitrogens with two attached hydrogens (primary N) is 1. The number of nitrogens with zero attached hydrogens (tertiary/aromatic N) is 1. The Bertz CT molecular complexity index is 265. The molecular weight excluding hydrogens is 222 g/mol. The lowest BCUT2D eigenvalue weighted by Crippen LogP contribution is -2.62. The highest BCUT2D eigenvalue weighted by atomic mass is 15.3. The molecule has 0 radical (unpaired) electrons. The van der Waals surface area contributed by atoms with Crippen molar-refractivity contribution in [1.29, 1.82) is 0 Å². The predicted molar refractivity (Wildman–Crippen MR) is 79.2 cm³/mol. The fourth-order valence-corrected chi connectivity index (χ4v) is 3.21. The summed E-state index contributed by atoms with van der Waals surface area (Å²) < 4.78 is 0. The number of hydrogen-bond acceptors (Lipinski definition) is 3. The van der Waals surface area contributed by atoms with Gasteiger partial charge in [-0.05, 0) is 58.5 Å². The van der Waals surface area contributed by atoms with Crippen molar-refractivity contribution in [2.45, 2.75) is 64.0 Å². The van der Waals surface area contributed by atoms with E-state index in [9.17, 15) is 0 Å². The maximum absolute atomic E-state index is 5.85. The largest absolute Gasteiger partial charge is 0.302 e. The zero-order valence-electron chi connectivity index (χ0n) is 12.6. The number of hydrogen-bond donors (Lipinski definition) is 2. The van der Waals surface area contributed by atoms with Crippen LogP contribution in [0.15, 0.2) is 12.2 Å². The van der Waals surface area contributed by atoms with Gasteiger partial charge in [0.1, 0.15) is 0 Å². The highest BCUT2D eigenvalue weighted by Crippen LogP contribution is 2.39. The fraction of sp³-hybridized carbons (Fsp3) is 0.867. The molecule has 0 spiro atoms. The quantitative estimate of drug-likeness (QED) is 0.434. The highest BCUT2D eigenvalue weighted by Gasteiger charge is 2.42. The molecule has 1 aliphatic rings. The van der Waals surface area contributed by atoms with E-state index in [2.05, 4.69) is 44.8 Å². The molecular formula is C15H31N3. The van der Waals surface area contributed by atoms with Gasteiger partial charge >= 0.3 is 0 Å². The second-order valence-corrected chi connectivity index (χ2v) is 6.21. The standard InChI is InChI=1S/C15H31N3/c1-6-12(2)11-14(17-16)15(18(4)5)9-7-13(3)8-10-15/h13-14,17H,2,6-11,16H2,1,3-5H3. The maximum Gasteiger partial charge on any atom is 0.0431 e. The number of nitrogens with one attached hydrogen (secondary N) is 1. The molecule has 0 saturated heterocycles. The topological polar surface area (TPSA) is 41.3 Å². The highest BCUT2D eigenvalue weighted by molar-refractivity contribution is 5.07. The minimum atomic E-state index is 0.194. The second-order valence-electron chi connectivity index (χ2n) is 6.21. The van der Waals surface area contributed by atoms with Crippen LogP contribution in [-0.4, -0.2) is 30.6 Å². The Morgan fingerprint density at radius 2 is 2.00 bits per heavy atom. The van der Waals surface area contributed by atoms with Gasteiger partial charge in [0.15, 0.2) is 0 Å². The van der Waals surface area contributed by atoms with E-state index in [1.807, 2.05) is 0 Å². The zero-order valence-corrected chi connectivity index (χ0v) is 12.6. The molecule has 3 heteroatoms. The molecule has 0 heterocycles. The summed E-state index contributed by atoms with van der Waals surface area (Å²) in [6.07, 6.45) is 7.08. The average molecular weight is 253 g/mol. The van der Waals surface area contributed by atoms with Gasteiger partial charge in [-0.15, -0.1) is 0 Å². The normalized spacial score (nSPS) is 30.4. The summed E-state index contributed by atoms with van der Waals surface area (Å²) in [5.74, 6) is 6.70. The van der Waals surface area contributed by atoms with E-state index in [1.165, 1.54) is 31.3 Å². The van der Waals surface area contributed by atoms with Gasteiger partial charge in [-0.3, -0.25) is 11.3 Å². The molecule has 106 valence electrons. The van der Waals surface area contributed by atoms with E-state index >= 15 is 0 Å². The molecule has 3 nitrogen and oxygen atoms in total. The van der Waals surface area contributed by atoms with Gasteiger partial charge in [0.05, 0.1) is 0 Å². The van der Waals surface area contributed by atoms with Crippen molar-refractivity contribution in [2.24, 2.45) is 11.8 Å². The van der Waals surface area contributed by atoms with Gasteiger partial charge in [-0.25, -0.2) is 0 Å². The summed E-state index contributed by atoms with van der Waals surface area (Å²) in [4.78, 5) is 2.38. The summed E-state index contributed by atoms with van der Waals surface area (Å²) in [7, 11) is 4.38. The molecule has 0 aromatic carbocycles. The van der Waals surface area contributed by atoms with E-state index < -0.39 is 0 Å². The monoisotopic (exact) mass is 253 g/mol. The summed E-state index contributed by atoms with van der Waals surface area (Å²) >= 11 is 0. The summed E-state index contributed by atoms with van der Waals surface area (Å²) in [6.45, 7) is 8.67. The van der Waals surface area contributed by atoms with Crippen molar-refractivity contribution in [3.8, 4) is 0 Å². The van der Waals surface area contributed by atoms with Crippen molar-refractivity contribution in [1.82, 2.24) is 10.3 Å². The fourth-order valence-electron chi connectivity index (χ4n) is 3.21. The molecule has 1 fully saturated rings. The third-order valence-electron chi connectivity index (χ3n) is 4.87. The molecule has 0 amide bonds. The van der Waals surface area contributed by atoms with Crippen LogP contribution in [0.25, 0.3) is 0 Å². The van der Waals surface area contributed by atoms with Crippen LogP contribution in [0.1, 0.15) is 52.4 Å². The SMILES string of the molecule is C=C(CC)CC(NN)C1(N(C)C)CCC(C)CC1. The molecule has 3 N–H and O–H groups in total. The Kier molecular flexibility index (Phi) is 5.83. The van der Waals surface area contributed by atoms with E-state index in [-0.39, 0.29) is 5.54 Å². The van der Waals surface area contributed by atoms with Gasteiger partial charge in [0, 0.05) is 11.6 Å². The zero-order chi connectivity index (χ0) is 13.8. The Labute approximate surface area is 113 Å². The summed E-state index contributed by atoms with van der Waals surface area (Å²) in [5.41, 5.74) is 4.55. The number of rotatable bonds is 6. The van der Waals surface area contributed by atoms with Crippen molar-refractivity contribution in [3.05, 3.63) is 12.2 Å². The van der Waals surface area contributed by atoms with Crippen LogP contribution in [0, 0.1) is 5.92 Å². The number of likely N-dealkylation sites (N-methyl/N-ethyl adjacent to an activating group) is 1. The molecule has 1 saturated carbocycles. The van der Waals surface area contributed by atoms with Crippen LogP contribution in [0.4, 0.5) is 0 Å². The van der Waals surface area contributed by atoms with Gasteiger partial charge in [0.2, 0.25) is 0 Å². The van der Waals surface area contributed by atoms with Gasteiger partial charge < -0.3 is 4.90 Å². The lowest BCUT2D eigenvalue weighted by Gasteiger charge is -2.49. The van der Waals surface area contributed by atoms with E-state index in [4.69, 9.17) is 5.84 Å². The molecule has 0 bridgehead atoms. The Morgan fingerprint density at radius 3 is 2.39 bits per heavy atom. The molecule has 0 aromatic rings. The van der Waals surface area contributed by atoms with E-state index in [0.717, 1.165) is 18.8 Å². The summed E-state index contributed by atoms with van der Waals surface area (Å²) in [5, 5.41) is 0. The molecule has 1 unspecified atom stereocenters. The smallest absolute Gasteiger partial charge is 0.0431 e. The van der Waals surface area contributed by atoms with Crippen LogP contribution in [0.5, 0.6) is 0 Å².